The number of likely N-dealkylation sites (tertiary alicyclic amines) is 1. The lowest BCUT2D eigenvalue weighted by Crippen LogP contribution is -2.40. The number of rotatable bonds is 7. The number of amides is 1. The first kappa shape index (κ1) is 24.3. The molecule has 34 heavy (non-hydrogen) atoms. The fraction of sp³-hybridized carbons (Fsp3) is 0.385. The Morgan fingerprint density at radius 2 is 1.68 bits per heavy atom. The van der Waals surface area contributed by atoms with Crippen LogP contribution in [0.3, 0.4) is 0 Å². The van der Waals surface area contributed by atoms with Gasteiger partial charge < -0.3 is 9.64 Å². The largest absolute Gasteiger partial charge is 0.446 e. The molecule has 0 radical (unpaired) electrons. The Bertz CT molecular complexity index is 1150. The van der Waals surface area contributed by atoms with Gasteiger partial charge in [-0.05, 0) is 53.4 Å². The maximum absolute atomic E-state index is 12.9. The van der Waals surface area contributed by atoms with Crippen molar-refractivity contribution in [2.24, 2.45) is 7.05 Å². The zero-order valence-corrected chi connectivity index (χ0v) is 21.3. The van der Waals surface area contributed by atoms with Gasteiger partial charge in [-0.3, -0.25) is 14.4 Å². The lowest BCUT2D eigenvalue weighted by Gasteiger charge is -2.33. The quantitative estimate of drug-likeness (QED) is 0.452. The summed E-state index contributed by atoms with van der Waals surface area (Å²) in [6, 6.07) is 19.6. The minimum absolute atomic E-state index is 0.0643. The maximum atomic E-state index is 12.9. The molecule has 0 N–H and O–H groups in total. The predicted octanol–water partition coefficient (Wildman–Crippen LogP) is 4.56. The smallest absolute Gasteiger partial charge is 0.410 e. The molecule has 8 heteroatoms. The van der Waals surface area contributed by atoms with Crippen molar-refractivity contribution in [2.45, 2.75) is 39.0 Å². The average Bonchev–Trinajstić information content (AvgIpc) is 3.07. The van der Waals surface area contributed by atoms with Crippen LogP contribution >= 0.6 is 15.9 Å². The van der Waals surface area contributed by atoms with Crippen LogP contribution in [0, 0.1) is 0 Å². The van der Waals surface area contributed by atoms with Gasteiger partial charge in [0.05, 0.1) is 11.4 Å². The summed E-state index contributed by atoms with van der Waals surface area (Å²) in [6.45, 7) is 5.39. The highest BCUT2D eigenvalue weighted by atomic mass is 79.9. The van der Waals surface area contributed by atoms with Gasteiger partial charge in [-0.25, -0.2) is 9.48 Å². The Kier molecular flexibility index (Phi) is 7.90. The van der Waals surface area contributed by atoms with Gasteiger partial charge in [0.1, 0.15) is 10.6 Å². The number of hydrogen-bond acceptors (Lipinski definition) is 4. The third-order valence-electron chi connectivity index (χ3n) is 6.36. The van der Waals surface area contributed by atoms with Gasteiger partial charge in [0.25, 0.3) is 5.56 Å². The van der Waals surface area contributed by atoms with Crippen LogP contribution in [0.4, 0.5) is 4.79 Å². The van der Waals surface area contributed by atoms with Crippen molar-refractivity contribution in [1.29, 1.82) is 0 Å². The molecule has 1 aliphatic rings. The zero-order valence-electron chi connectivity index (χ0n) is 19.7. The standard InChI is InChI=1S/C26H31BrN4O3/c1-3-30(18-20-10-6-4-7-11-20)26(33)34-22-14-16-29(17-15-22)19-23-24(27)25(32)31(28(23)2)21-12-8-5-9-13-21/h4-13,22H,3,14-19H2,1-2H3. The van der Waals surface area contributed by atoms with Gasteiger partial charge in [-0.1, -0.05) is 48.5 Å². The van der Waals surface area contributed by atoms with Crippen molar-refractivity contribution >= 4 is 22.0 Å². The van der Waals surface area contributed by atoms with Crippen molar-refractivity contribution in [1.82, 2.24) is 19.2 Å². The number of piperidine rings is 1. The van der Waals surface area contributed by atoms with Crippen LogP contribution < -0.4 is 5.56 Å². The van der Waals surface area contributed by atoms with E-state index in [9.17, 15) is 9.59 Å². The minimum atomic E-state index is -0.255. The molecule has 3 aromatic rings. The summed E-state index contributed by atoms with van der Waals surface area (Å²) in [5.41, 5.74) is 2.80. The Hall–Kier alpha value is -2.84. The van der Waals surface area contributed by atoms with Crippen molar-refractivity contribution in [3.05, 3.63) is 86.7 Å². The molecule has 1 amide bonds. The highest BCUT2D eigenvalue weighted by Crippen LogP contribution is 2.22. The molecule has 1 aromatic heterocycles. The number of carbonyl (C=O) groups excluding carboxylic acids is 1. The molecule has 4 rings (SSSR count). The van der Waals surface area contributed by atoms with E-state index in [1.54, 1.807) is 9.58 Å². The Morgan fingerprint density at radius 1 is 1.06 bits per heavy atom. The molecule has 180 valence electrons. The van der Waals surface area contributed by atoms with Gasteiger partial charge in [-0.2, -0.15) is 0 Å². The van der Waals surface area contributed by atoms with Crippen LogP contribution in [0.15, 0.2) is 69.9 Å². The fourth-order valence-electron chi connectivity index (χ4n) is 4.37. The van der Waals surface area contributed by atoms with Gasteiger partial charge in [0.2, 0.25) is 0 Å². The number of carbonyl (C=O) groups is 1. The molecule has 1 fully saturated rings. The Balaban J connectivity index is 1.34. The predicted molar refractivity (Wildman–Crippen MR) is 136 cm³/mol. The van der Waals surface area contributed by atoms with Crippen LogP contribution in [0.25, 0.3) is 5.69 Å². The van der Waals surface area contributed by atoms with Gasteiger partial charge in [-0.15, -0.1) is 0 Å². The lowest BCUT2D eigenvalue weighted by atomic mass is 10.1. The second kappa shape index (κ2) is 11.1. The average molecular weight is 527 g/mol. The van der Waals surface area contributed by atoms with Crippen LogP contribution in [-0.2, 0) is 24.9 Å². The van der Waals surface area contributed by atoms with Gasteiger partial charge in [0.15, 0.2) is 0 Å². The third-order valence-corrected chi connectivity index (χ3v) is 7.15. The second-order valence-electron chi connectivity index (χ2n) is 8.60. The summed E-state index contributed by atoms with van der Waals surface area (Å²) in [4.78, 5) is 29.6. The van der Waals surface area contributed by atoms with Crippen molar-refractivity contribution in [3.63, 3.8) is 0 Å². The van der Waals surface area contributed by atoms with Crippen molar-refractivity contribution in [2.75, 3.05) is 19.6 Å². The molecular formula is C26H31BrN4O3. The van der Waals surface area contributed by atoms with E-state index in [0.717, 1.165) is 42.9 Å². The molecule has 0 aliphatic carbocycles. The second-order valence-corrected chi connectivity index (χ2v) is 9.39. The molecule has 1 aliphatic heterocycles. The number of ether oxygens (including phenoxy) is 1. The molecule has 2 heterocycles. The molecule has 0 atom stereocenters. The van der Waals surface area contributed by atoms with Crippen LogP contribution in [-0.4, -0.2) is 51.0 Å². The van der Waals surface area contributed by atoms with E-state index >= 15 is 0 Å². The van der Waals surface area contributed by atoms with E-state index in [-0.39, 0.29) is 17.8 Å². The Morgan fingerprint density at radius 3 is 2.29 bits per heavy atom. The first-order chi connectivity index (χ1) is 16.5. The topological polar surface area (TPSA) is 59.7 Å². The highest BCUT2D eigenvalue weighted by Gasteiger charge is 2.26. The van der Waals surface area contributed by atoms with E-state index in [1.807, 2.05) is 79.3 Å². The van der Waals surface area contributed by atoms with Crippen molar-refractivity contribution in [3.8, 4) is 5.69 Å². The molecule has 0 spiro atoms. The van der Waals surface area contributed by atoms with E-state index in [0.29, 0.717) is 24.1 Å². The number of hydrogen-bond donors (Lipinski definition) is 0. The summed E-state index contributed by atoms with van der Waals surface area (Å²) < 4.78 is 10.0. The van der Waals surface area contributed by atoms with Crippen LogP contribution in [0.5, 0.6) is 0 Å². The molecule has 2 aromatic carbocycles. The summed E-state index contributed by atoms with van der Waals surface area (Å²) in [7, 11) is 1.91. The Labute approximate surface area is 208 Å². The van der Waals surface area contributed by atoms with Crippen LogP contribution in [0.2, 0.25) is 0 Å². The third kappa shape index (κ3) is 5.45. The first-order valence-corrected chi connectivity index (χ1v) is 12.5. The van der Waals surface area contributed by atoms with Gasteiger partial charge in [0, 0.05) is 39.8 Å². The van der Waals surface area contributed by atoms with Gasteiger partial charge >= 0.3 is 6.09 Å². The number of aromatic nitrogens is 2. The molecule has 7 nitrogen and oxygen atoms in total. The normalized spacial score (nSPS) is 14.8. The molecule has 1 saturated heterocycles. The zero-order chi connectivity index (χ0) is 24.1. The minimum Gasteiger partial charge on any atom is -0.446 e. The molecular weight excluding hydrogens is 496 g/mol. The SMILES string of the molecule is CCN(Cc1ccccc1)C(=O)OC1CCN(Cc2c(Br)c(=O)n(-c3ccccc3)n2C)CC1. The van der Waals surface area contributed by atoms with E-state index in [4.69, 9.17) is 4.74 Å². The number of benzene rings is 2. The monoisotopic (exact) mass is 526 g/mol. The number of halogens is 1. The maximum Gasteiger partial charge on any atom is 0.410 e. The van der Waals surface area contributed by atoms with E-state index in [1.165, 1.54) is 0 Å². The molecule has 0 saturated carbocycles. The fourth-order valence-corrected chi connectivity index (χ4v) is 4.92. The lowest BCUT2D eigenvalue weighted by molar-refractivity contribution is 0.0260. The van der Waals surface area contributed by atoms with E-state index < -0.39 is 0 Å². The summed E-state index contributed by atoms with van der Waals surface area (Å²) in [5.74, 6) is 0. The molecule has 0 bridgehead atoms. The molecule has 0 unspecified atom stereocenters. The van der Waals surface area contributed by atoms with Crippen LogP contribution in [0.1, 0.15) is 31.0 Å². The summed E-state index contributed by atoms with van der Waals surface area (Å²) in [6.07, 6.45) is 1.21. The van der Waals surface area contributed by atoms with E-state index in [2.05, 4.69) is 20.8 Å². The summed E-state index contributed by atoms with van der Waals surface area (Å²) in [5, 5.41) is 0. The summed E-state index contributed by atoms with van der Waals surface area (Å²) >= 11 is 3.52. The number of para-hydroxylation sites is 1. The highest BCUT2D eigenvalue weighted by molar-refractivity contribution is 9.10. The number of nitrogens with zero attached hydrogens (tertiary/aromatic N) is 4. The van der Waals surface area contributed by atoms with Crippen molar-refractivity contribution < 1.29 is 9.53 Å². The first-order valence-electron chi connectivity index (χ1n) is 11.7.